The Balaban J connectivity index is 1.66. The molecule has 0 aliphatic carbocycles. The molecule has 1 heterocycles. The Morgan fingerprint density at radius 3 is 2.55 bits per heavy atom. The molecule has 6 nitrogen and oxygen atoms in total. The second-order valence-corrected chi connectivity index (χ2v) is 10.1. The number of hydrogen-bond donors (Lipinski definition) is 2. The SMILES string of the molecule is C=CC[C@@H]1OC(c2cccc3ccccc23)CC1C(NS(=O)(=O)c1ccc(C)cc1)C(=O)O. The Bertz CT molecular complexity index is 1260. The zero-order chi connectivity index (χ0) is 23.6. The number of fused-ring (bicyclic) bond motifs is 1. The van der Waals surface area contributed by atoms with E-state index in [1.165, 1.54) is 12.1 Å². The number of carboxylic acids is 1. The van der Waals surface area contributed by atoms with Gasteiger partial charge in [0.05, 0.1) is 17.1 Å². The fourth-order valence-corrected chi connectivity index (χ4v) is 5.76. The number of ether oxygens (including phenoxy) is 1. The van der Waals surface area contributed by atoms with Crippen molar-refractivity contribution in [2.45, 2.75) is 42.9 Å². The van der Waals surface area contributed by atoms with Gasteiger partial charge in [-0.1, -0.05) is 66.2 Å². The fourth-order valence-electron chi connectivity index (χ4n) is 4.52. The summed E-state index contributed by atoms with van der Waals surface area (Å²) in [6.07, 6.45) is 1.64. The van der Waals surface area contributed by atoms with E-state index in [0.717, 1.165) is 21.9 Å². The van der Waals surface area contributed by atoms with Crippen molar-refractivity contribution < 1.29 is 23.1 Å². The molecule has 7 heteroatoms. The predicted molar refractivity (Wildman–Crippen MR) is 127 cm³/mol. The third-order valence-electron chi connectivity index (χ3n) is 6.18. The molecule has 0 bridgehead atoms. The largest absolute Gasteiger partial charge is 0.480 e. The summed E-state index contributed by atoms with van der Waals surface area (Å²) in [4.78, 5) is 12.3. The number of hydrogen-bond acceptors (Lipinski definition) is 4. The topological polar surface area (TPSA) is 92.7 Å². The number of aliphatic carboxylic acids is 1. The monoisotopic (exact) mass is 465 g/mol. The lowest BCUT2D eigenvalue weighted by Crippen LogP contribution is -2.48. The molecule has 1 saturated heterocycles. The van der Waals surface area contributed by atoms with E-state index in [1.807, 2.05) is 49.4 Å². The molecular formula is C26H27NO5S. The summed E-state index contributed by atoms with van der Waals surface area (Å²) in [7, 11) is -4.03. The van der Waals surface area contributed by atoms with E-state index in [4.69, 9.17) is 4.74 Å². The van der Waals surface area contributed by atoms with Crippen LogP contribution in [0.3, 0.4) is 0 Å². The highest BCUT2D eigenvalue weighted by Crippen LogP contribution is 2.42. The molecule has 0 saturated carbocycles. The number of sulfonamides is 1. The highest BCUT2D eigenvalue weighted by molar-refractivity contribution is 7.89. The van der Waals surface area contributed by atoms with E-state index in [1.54, 1.807) is 18.2 Å². The van der Waals surface area contributed by atoms with Gasteiger partial charge in [-0.2, -0.15) is 4.72 Å². The first-order valence-electron chi connectivity index (χ1n) is 10.9. The van der Waals surface area contributed by atoms with Crippen LogP contribution in [0, 0.1) is 12.8 Å². The first-order chi connectivity index (χ1) is 15.8. The Morgan fingerprint density at radius 2 is 1.85 bits per heavy atom. The van der Waals surface area contributed by atoms with Gasteiger partial charge in [0.1, 0.15) is 6.04 Å². The first kappa shape index (κ1) is 23.2. The van der Waals surface area contributed by atoms with Gasteiger partial charge in [-0.05, 0) is 48.2 Å². The number of aryl methyl sites for hydroxylation is 1. The molecule has 4 atom stereocenters. The van der Waals surface area contributed by atoms with Crippen molar-refractivity contribution >= 4 is 26.8 Å². The molecule has 4 rings (SSSR count). The average molecular weight is 466 g/mol. The first-order valence-corrected chi connectivity index (χ1v) is 12.3. The molecule has 1 fully saturated rings. The van der Waals surface area contributed by atoms with E-state index in [-0.39, 0.29) is 11.0 Å². The summed E-state index contributed by atoms with van der Waals surface area (Å²) in [5.41, 5.74) is 1.88. The highest BCUT2D eigenvalue weighted by Gasteiger charge is 2.44. The Kier molecular flexibility index (Phi) is 6.65. The number of benzene rings is 3. The third kappa shape index (κ3) is 4.85. The van der Waals surface area contributed by atoms with Gasteiger partial charge < -0.3 is 9.84 Å². The standard InChI is InChI=1S/C26H27NO5S/c1-3-7-23-22(16-24(32-23)21-11-6-9-18-8-4-5-10-20(18)21)25(26(28)29)27-33(30,31)19-14-12-17(2)13-15-19/h3-6,8-15,22-25,27H,1,7,16H2,2H3,(H,28,29)/t22?,23-,24?,25?/m0/s1. The van der Waals surface area contributed by atoms with Gasteiger partial charge in [-0.25, -0.2) is 8.42 Å². The zero-order valence-corrected chi connectivity index (χ0v) is 19.2. The van der Waals surface area contributed by atoms with Crippen molar-refractivity contribution in [2.75, 3.05) is 0 Å². The Hall–Kier alpha value is -3.00. The van der Waals surface area contributed by atoms with Crippen LogP contribution in [-0.2, 0) is 19.6 Å². The van der Waals surface area contributed by atoms with Crippen molar-refractivity contribution in [1.29, 1.82) is 0 Å². The van der Waals surface area contributed by atoms with E-state index in [0.29, 0.717) is 12.8 Å². The quantitative estimate of drug-likeness (QED) is 0.474. The molecule has 3 unspecified atom stereocenters. The summed E-state index contributed by atoms with van der Waals surface area (Å²) < 4.78 is 34.7. The van der Waals surface area contributed by atoms with Crippen molar-refractivity contribution in [3.8, 4) is 0 Å². The maximum Gasteiger partial charge on any atom is 0.322 e. The lowest BCUT2D eigenvalue weighted by molar-refractivity contribution is -0.141. The summed E-state index contributed by atoms with van der Waals surface area (Å²) in [5.74, 6) is -1.79. The van der Waals surface area contributed by atoms with Gasteiger partial charge in [0.2, 0.25) is 10.0 Å². The average Bonchev–Trinajstić information content (AvgIpc) is 3.21. The summed E-state index contributed by atoms with van der Waals surface area (Å²) in [5, 5.41) is 12.1. The minimum absolute atomic E-state index is 0.0316. The zero-order valence-electron chi connectivity index (χ0n) is 18.3. The van der Waals surface area contributed by atoms with Crippen LogP contribution in [0.2, 0.25) is 0 Å². The Labute approximate surface area is 194 Å². The van der Waals surface area contributed by atoms with Crippen LogP contribution in [0.5, 0.6) is 0 Å². The Morgan fingerprint density at radius 1 is 1.15 bits per heavy atom. The lowest BCUT2D eigenvalue weighted by atomic mass is 9.88. The van der Waals surface area contributed by atoms with Crippen LogP contribution in [-0.4, -0.2) is 31.6 Å². The highest BCUT2D eigenvalue weighted by atomic mass is 32.2. The van der Waals surface area contributed by atoms with E-state index in [2.05, 4.69) is 11.3 Å². The molecule has 0 radical (unpaired) electrons. The van der Waals surface area contributed by atoms with Gasteiger partial charge in [-0.3, -0.25) is 4.79 Å². The summed E-state index contributed by atoms with van der Waals surface area (Å²) >= 11 is 0. The number of carboxylic acid groups (broad SMARTS) is 1. The smallest absolute Gasteiger partial charge is 0.322 e. The van der Waals surface area contributed by atoms with Crippen LogP contribution in [0.25, 0.3) is 10.8 Å². The fraction of sp³-hybridized carbons (Fsp3) is 0.269. The van der Waals surface area contributed by atoms with Gasteiger partial charge in [-0.15, -0.1) is 6.58 Å². The number of carbonyl (C=O) groups is 1. The molecule has 0 amide bonds. The van der Waals surface area contributed by atoms with Crippen LogP contribution in [0.15, 0.2) is 84.3 Å². The molecule has 2 N–H and O–H groups in total. The predicted octanol–water partition coefficient (Wildman–Crippen LogP) is 4.60. The maximum absolute atomic E-state index is 13.0. The molecular weight excluding hydrogens is 438 g/mol. The molecule has 3 aromatic rings. The van der Waals surface area contributed by atoms with Crippen molar-refractivity contribution in [3.63, 3.8) is 0 Å². The van der Waals surface area contributed by atoms with Crippen LogP contribution >= 0.6 is 0 Å². The second-order valence-electron chi connectivity index (χ2n) is 8.41. The third-order valence-corrected chi connectivity index (χ3v) is 7.64. The van der Waals surface area contributed by atoms with E-state index >= 15 is 0 Å². The number of rotatable bonds is 8. The molecule has 1 aliphatic heterocycles. The van der Waals surface area contributed by atoms with Gasteiger partial charge in [0.15, 0.2) is 0 Å². The van der Waals surface area contributed by atoms with Crippen LogP contribution < -0.4 is 4.72 Å². The summed E-state index contributed by atoms with van der Waals surface area (Å²) in [6, 6.07) is 18.9. The van der Waals surface area contributed by atoms with E-state index in [9.17, 15) is 18.3 Å². The minimum atomic E-state index is -4.03. The van der Waals surface area contributed by atoms with Gasteiger partial charge in [0, 0.05) is 5.92 Å². The molecule has 0 spiro atoms. The van der Waals surface area contributed by atoms with Gasteiger partial charge >= 0.3 is 5.97 Å². The minimum Gasteiger partial charge on any atom is -0.480 e. The molecule has 33 heavy (non-hydrogen) atoms. The van der Waals surface area contributed by atoms with E-state index < -0.39 is 34.1 Å². The number of nitrogens with one attached hydrogen (secondary N) is 1. The van der Waals surface area contributed by atoms with Crippen LogP contribution in [0.1, 0.15) is 30.1 Å². The van der Waals surface area contributed by atoms with Crippen molar-refractivity contribution in [3.05, 3.63) is 90.5 Å². The molecule has 1 aliphatic rings. The lowest BCUT2D eigenvalue weighted by Gasteiger charge is -2.24. The maximum atomic E-state index is 13.0. The molecule has 3 aromatic carbocycles. The van der Waals surface area contributed by atoms with Crippen molar-refractivity contribution in [2.24, 2.45) is 5.92 Å². The van der Waals surface area contributed by atoms with Crippen molar-refractivity contribution in [1.82, 2.24) is 4.72 Å². The van der Waals surface area contributed by atoms with Crippen LogP contribution in [0.4, 0.5) is 0 Å². The second kappa shape index (κ2) is 9.47. The normalized spacial score (nSPS) is 21.7. The van der Waals surface area contributed by atoms with Gasteiger partial charge in [0.25, 0.3) is 0 Å². The molecule has 0 aromatic heterocycles. The summed E-state index contributed by atoms with van der Waals surface area (Å²) in [6.45, 7) is 5.63. The molecule has 172 valence electrons.